The number of ether oxygens (including phenoxy) is 1. The monoisotopic (exact) mass is 342 g/mol. The summed E-state index contributed by atoms with van der Waals surface area (Å²) < 4.78 is 7.59. The summed E-state index contributed by atoms with van der Waals surface area (Å²) in [5.74, 6) is 1.00. The maximum Gasteiger partial charge on any atom is 0.276 e. The van der Waals surface area contributed by atoms with Crippen LogP contribution in [0.4, 0.5) is 5.69 Å². The average Bonchev–Trinajstić information content (AvgIpc) is 3.11. The van der Waals surface area contributed by atoms with E-state index in [1.165, 1.54) is 0 Å². The van der Waals surface area contributed by atoms with Crippen LogP contribution in [0.25, 0.3) is 0 Å². The third kappa shape index (κ3) is 4.82. The zero-order chi connectivity index (χ0) is 17.6. The van der Waals surface area contributed by atoms with E-state index >= 15 is 0 Å². The lowest BCUT2D eigenvalue weighted by Gasteiger charge is -2.22. The second-order valence-electron chi connectivity index (χ2n) is 6.87. The van der Waals surface area contributed by atoms with Crippen molar-refractivity contribution in [3.63, 3.8) is 0 Å². The maximum atomic E-state index is 12.4. The van der Waals surface area contributed by atoms with E-state index in [0.29, 0.717) is 29.9 Å². The third-order valence-corrected chi connectivity index (χ3v) is 4.16. The molecule has 1 fully saturated rings. The summed E-state index contributed by atoms with van der Waals surface area (Å²) in [4.78, 5) is 12.4. The van der Waals surface area contributed by atoms with Gasteiger partial charge >= 0.3 is 0 Å². The first-order valence-electron chi connectivity index (χ1n) is 8.92. The van der Waals surface area contributed by atoms with Gasteiger partial charge in [-0.05, 0) is 43.5 Å². The Morgan fingerprint density at radius 3 is 3.08 bits per heavy atom. The Hall–Kier alpha value is -2.34. The Labute approximate surface area is 148 Å². The van der Waals surface area contributed by atoms with E-state index in [-0.39, 0.29) is 5.91 Å². The van der Waals surface area contributed by atoms with Crippen molar-refractivity contribution in [2.75, 3.05) is 25.0 Å². The number of rotatable bonds is 6. The van der Waals surface area contributed by atoms with Gasteiger partial charge in [-0.2, -0.15) is 5.10 Å². The standard InChI is InChI=1S/C19H26N4O2/c1-14(2)13-25-17-7-3-5-15(11-17)21-19(24)18-8-10-23(22-18)16-6-4-9-20-12-16/h3,5,7-8,10-11,14,16,20H,4,6,9,12-13H2,1-2H3,(H,21,24). The smallest absolute Gasteiger partial charge is 0.276 e. The molecule has 1 aliphatic heterocycles. The Bertz CT molecular complexity index is 705. The minimum atomic E-state index is -0.205. The van der Waals surface area contributed by atoms with E-state index in [9.17, 15) is 4.79 Å². The van der Waals surface area contributed by atoms with E-state index in [2.05, 4.69) is 29.6 Å². The molecule has 2 aromatic rings. The Morgan fingerprint density at radius 1 is 1.44 bits per heavy atom. The van der Waals surface area contributed by atoms with Crippen LogP contribution in [-0.2, 0) is 0 Å². The van der Waals surface area contributed by atoms with Crippen LogP contribution in [0.3, 0.4) is 0 Å². The quantitative estimate of drug-likeness (QED) is 0.846. The molecule has 25 heavy (non-hydrogen) atoms. The Balaban J connectivity index is 1.62. The molecular weight excluding hydrogens is 316 g/mol. The number of carbonyl (C=O) groups excluding carboxylic acids is 1. The van der Waals surface area contributed by atoms with Crippen molar-refractivity contribution < 1.29 is 9.53 Å². The molecule has 3 rings (SSSR count). The highest BCUT2D eigenvalue weighted by Gasteiger charge is 2.17. The fourth-order valence-electron chi connectivity index (χ4n) is 2.84. The third-order valence-electron chi connectivity index (χ3n) is 4.16. The fraction of sp³-hybridized carbons (Fsp3) is 0.474. The van der Waals surface area contributed by atoms with Crippen LogP contribution in [0, 0.1) is 5.92 Å². The molecule has 6 nitrogen and oxygen atoms in total. The Kier molecular flexibility index (Phi) is 5.71. The number of hydrogen-bond donors (Lipinski definition) is 2. The number of nitrogens with one attached hydrogen (secondary N) is 2. The molecule has 0 aliphatic carbocycles. The number of hydrogen-bond acceptors (Lipinski definition) is 4. The van der Waals surface area contributed by atoms with Crippen LogP contribution in [0.1, 0.15) is 43.2 Å². The van der Waals surface area contributed by atoms with Crippen molar-refractivity contribution in [1.82, 2.24) is 15.1 Å². The van der Waals surface area contributed by atoms with Crippen molar-refractivity contribution in [2.45, 2.75) is 32.7 Å². The lowest BCUT2D eigenvalue weighted by Crippen LogP contribution is -2.32. The van der Waals surface area contributed by atoms with Crippen molar-refractivity contribution in [3.8, 4) is 5.75 Å². The van der Waals surface area contributed by atoms with Gasteiger partial charge in [0.05, 0.1) is 12.6 Å². The molecule has 1 aromatic heterocycles. The molecule has 1 amide bonds. The van der Waals surface area contributed by atoms with Gasteiger partial charge in [-0.1, -0.05) is 19.9 Å². The van der Waals surface area contributed by atoms with Gasteiger partial charge in [0.2, 0.25) is 0 Å². The van der Waals surface area contributed by atoms with Gasteiger partial charge in [0.25, 0.3) is 5.91 Å². The van der Waals surface area contributed by atoms with Gasteiger partial charge < -0.3 is 15.4 Å². The van der Waals surface area contributed by atoms with Crippen LogP contribution in [0.5, 0.6) is 5.75 Å². The molecule has 2 heterocycles. The van der Waals surface area contributed by atoms with E-state index < -0.39 is 0 Å². The molecule has 0 bridgehead atoms. The molecule has 134 valence electrons. The number of carbonyl (C=O) groups is 1. The van der Waals surface area contributed by atoms with Gasteiger partial charge in [0.1, 0.15) is 5.75 Å². The molecule has 6 heteroatoms. The van der Waals surface area contributed by atoms with Gasteiger partial charge in [-0.15, -0.1) is 0 Å². The van der Waals surface area contributed by atoms with Crippen molar-refractivity contribution in [1.29, 1.82) is 0 Å². The summed E-state index contributed by atoms with van der Waals surface area (Å²) >= 11 is 0. The first-order chi connectivity index (χ1) is 12.1. The largest absolute Gasteiger partial charge is 0.493 e. The van der Waals surface area contributed by atoms with Crippen LogP contribution < -0.4 is 15.4 Å². The minimum Gasteiger partial charge on any atom is -0.493 e. The average molecular weight is 342 g/mol. The first kappa shape index (κ1) is 17.5. The molecule has 1 saturated heterocycles. The summed E-state index contributed by atoms with van der Waals surface area (Å²) in [7, 11) is 0. The first-order valence-corrected chi connectivity index (χ1v) is 8.92. The van der Waals surface area contributed by atoms with E-state index in [4.69, 9.17) is 4.74 Å². The van der Waals surface area contributed by atoms with Gasteiger partial charge in [0, 0.05) is 24.5 Å². The number of anilines is 1. The molecule has 1 aromatic carbocycles. The summed E-state index contributed by atoms with van der Waals surface area (Å²) in [6, 6.07) is 9.54. The number of benzene rings is 1. The number of aromatic nitrogens is 2. The van der Waals surface area contributed by atoms with E-state index in [0.717, 1.165) is 31.7 Å². The second-order valence-corrected chi connectivity index (χ2v) is 6.87. The zero-order valence-electron chi connectivity index (χ0n) is 14.9. The lowest BCUT2D eigenvalue weighted by atomic mass is 10.1. The molecule has 0 spiro atoms. The number of amides is 1. The highest BCUT2D eigenvalue weighted by atomic mass is 16.5. The highest BCUT2D eigenvalue weighted by molar-refractivity contribution is 6.02. The van der Waals surface area contributed by atoms with E-state index in [1.807, 2.05) is 35.1 Å². The topological polar surface area (TPSA) is 68.2 Å². The predicted octanol–water partition coefficient (Wildman–Crippen LogP) is 3.09. The SMILES string of the molecule is CC(C)COc1cccc(NC(=O)c2ccn(C3CCCNC3)n2)c1. The molecule has 1 atom stereocenters. The van der Waals surface area contributed by atoms with Crippen molar-refractivity contribution in [2.24, 2.45) is 5.92 Å². The predicted molar refractivity (Wildman–Crippen MR) is 98.1 cm³/mol. The van der Waals surface area contributed by atoms with Crippen molar-refractivity contribution >= 4 is 11.6 Å². The van der Waals surface area contributed by atoms with Crippen molar-refractivity contribution in [3.05, 3.63) is 42.2 Å². The molecule has 0 radical (unpaired) electrons. The Morgan fingerprint density at radius 2 is 2.32 bits per heavy atom. The molecule has 1 aliphatic rings. The summed E-state index contributed by atoms with van der Waals surface area (Å²) in [5, 5.41) is 10.7. The summed E-state index contributed by atoms with van der Waals surface area (Å²) in [6.45, 7) is 6.81. The van der Waals surface area contributed by atoms with Crippen LogP contribution in [-0.4, -0.2) is 35.4 Å². The minimum absolute atomic E-state index is 0.205. The fourth-order valence-corrected chi connectivity index (χ4v) is 2.84. The van der Waals surface area contributed by atoms with Crippen LogP contribution in [0.2, 0.25) is 0 Å². The normalized spacial score (nSPS) is 17.5. The molecule has 0 saturated carbocycles. The summed E-state index contributed by atoms with van der Waals surface area (Å²) in [5.41, 5.74) is 1.14. The molecule has 1 unspecified atom stereocenters. The van der Waals surface area contributed by atoms with E-state index in [1.54, 1.807) is 6.07 Å². The lowest BCUT2D eigenvalue weighted by molar-refractivity contribution is 0.102. The van der Waals surface area contributed by atoms with Crippen LogP contribution in [0.15, 0.2) is 36.5 Å². The second kappa shape index (κ2) is 8.16. The number of piperidine rings is 1. The van der Waals surface area contributed by atoms with Gasteiger partial charge in [-0.3, -0.25) is 9.48 Å². The molecular formula is C19H26N4O2. The van der Waals surface area contributed by atoms with Gasteiger partial charge in [0.15, 0.2) is 5.69 Å². The number of nitrogens with zero attached hydrogens (tertiary/aromatic N) is 2. The maximum absolute atomic E-state index is 12.4. The zero-order valence-corrected chi connectivity index (χ0v) is 14.9. The van der Waals surface area contributed by atoms with Crippen LogP contribution >= 0.6 is 0 Å². The summed E-state index contributed by atoms with van der Waals surface area (Å²) in [6.07, 6.45) is 4.11. The molecule has 2 N–H and O–H groups in total. The highest BCUT2D eigenvalue weighted by Crippen LogP contribution is 2.19. The van der Waals surface area contributed by atoms with Gasteiger partial charge in [-0.25, -0.2) is 0 Å².